The van der Waals surface area contributed by atoms with E-state index in [0.717, 1.165) is 0 Å². The second-order valence-electron chi connectivity index (χ2n) is 6.85. The summed E-state index contributed by atoms with van der Waals surface area (Å²) >= 11 is 0. The van der Waals surface area contributed by atoms with Crippen LogP contribution in [0, 0.1) is 18.7 Å². The Labute approximate surface area is 157 Å². The van der Waals surface area contributed by atoms with Crippen LogP contribution >= 0.6 is 0 Å². The van der Waals surface area contributed by atoms with E-state index >= 15 is 0 Å². The molecular weight excluding hydrogens is 353 g/mol. The van der Waals surface area contributed by atoms with Gasteiger partial charge in [0.05, 0.1) is 6.42 Å². The van der Waals surface area contributed by atoms with Crippen molar-refractivity contribution in [2.45, 2.75) is 40.0 Å². The molecule has 2 rings (SSSR count). The lowest BCUT2D eigenvalue weighted by atomic mass is 10.1. The van der Waals surface area contributed by atoms with E-state index in [1.54, 1.807) is 24.0 Å². The van der Waals surface area contributed by atoms with Crippen molar-refractivity contribution in [2.75, 3.05) is 13.1 Å². The maximum absolute atomic E-state index is 13.7. The van der Waals surface area contributed by atoms with E-state index in [1.807, 2.05) is 13.8 Å². The highest BCUT2D eigenvalue weighted by Crippen LogP contribution is 2.19. The van der Waals surface area contributed by atoms with Gasteiger partial charge in [-0.1, -0.05) is 31.1 Å². The summed E-state index contributed by atoms with van der Waals surface area (Å²) < 4.78 is 18.8. The van der Waals surface area contributed by atoms with Crippen molar-refractivity contribution in [2.24, 2.45) is 5.92 Å². The summed E-state index contributed by atoms with van der Waals surface area (Å²) in [5, 5.41) is 12.7. The summed E-state index contributed by atoms with van der Waals surface area (Å²) in [6.45, 7) is 6.26. The third-order valence-corrected chi connectivity index (χ3v) is 3.98. The van der Waals surface area contributed by atoms with Gasteiger partial charge in [-0.2, -0.15) is 4.98 Å². The Morgan fingerprint density at radius 2 is 2.04 bits per heavy atom. The van der Waals surface area contributed by atoms with Crippen LogP contribution in [-0.2, 0) is 16.0 Å². The average molecular weight is 377 g/mol. The second kappa shape index (κ2) is 9.25. The third kappa shape index (κ3) is 6.16. The average Bonchev–Trinajstić information content (AvgIpc) is 3.07. The van der Waals surface area contributed by atoms with E-state index in [1.165, 1.54) is 6.07 Å². The first-order valence-corrected chi connectivity index (χ1v) is 8.85. The summed E-state index contributed by atoms with van der Waals surface area (Å²) in [5.41, 5.74) is 1.03. The third-order valence-electron chi connectivity index (χ3n) is 3.98. The van der Waals surface area contributed by atoms with Gasteiger partial charge in [0.15, 0.2) is 0 Å². The maximum atomic E-state index is 13.7. The Balaban J connectivity index is 1.98. The van der Waals surface area contributed by atoms with Crippen molar-refractivity contribution in [3.63, 3.8) is 0 Å². The van der Waals surface area contributed by atoms with Gasteiger partial charge in [0.25, 0.3) is 0 Å². The van der Waals surface area contributed by atoms with Crippen LogP contribution in [0.25, 0.3) is 11.4 Å². The number of nitrogens with zero attached hydrogens (tertiary/aromatic N) is 3. The molecule has 1 heterocycles. The maximum Gasteiger partial charge on any atom is 0.305 e. The predicted molar refractivity (Wildman–Crippen MR) is 96.4 cm³/mol. The van der Waals surface area contributed by atoms with Gasteiger partial charge >= 0.3 is 5.97 Å². The van der Waals surface area contributed by atoms with Gasteiger partial charge in [0.2, 0.25) is 17.6 Å². The van der Waals surface area contributed by atoms with E-state index in [2.05, 4.69) is 10.1 Å². The van der Waals surface area contributed by atoms with Crippen LogP contribution in [0.1, 0.15) is 38.1 Å². The van der Waals surface area contributed by atoms with E-state index in [-0.39, 0.29) is 55.2 Å². The Morgan fingerprint density at radius 3 is 2.67 bits per heavy atom. The number of amides is 1. The number of aromatic nitrogens is 2. The number of hydrogen-bond acceptors (Lipinski definition) is 5. The van der Waals surface area contributed by atoms with Gasteiger partial charge in [-0.05, 0) is 24.5 Å². The predicted octanol–water partition coefficient (Wildman–Crippen LogP) is 3.08. The molecule has 0 atom stereocenters. The molecule has 1 aromatic heterocycles. The number of carbonyl (C=O) groups is 2. The Bertz CT molecular complexity index is 804. The first kappa shape index (κ1) is 20.5. The molecule has 7 nitrogen and oxygen atoms in total. The summed E-state index contributed by atoms with van der Waals surface area (Å²) in [5.74, 6) is -0.677. The zero-order valence-electron chi connectivity index (χ0n) is 15.7. The van der Waals surface area contributed by atoms with Crippen molar-refractivity contribution in [1.29, 1.82) is 0 Å². The Morgan fingerprint density at radius 1 is 1.30 bits per heavy atom. The van der Waals surface area contributed by atoms with Crippen LogP contribution in [0.5, 0.6) is 0 Å². The molecule has 1 aromatic carbocycles. The molecule has 0 spiro atoms. The SMILES string of the molecule is Cc1ccc(-c2noc(CCC(=O)N(CCC(=O)O)CC(C)C)n2)cc1F. The zero-order valence-corrected chi connectivity index (χ0v) is 15.7. The Kier molecular flexibility index (Phi) is 7.04. The number of rotatable bonds is 9. The number of aryl methyl sites for hydroxylation is 2. The highest BCUT2D eigenvalue weighted by atomic mass is 19.1. The molecule has 0 aliphatic rings. The van der Waals surface area contributed by atoms with E-state index in [9.17, 15) is 14.0 Å². The fourth-order valence-corrected chi connectivity index (χ4v) is 2.57. The van der Waals surface area contributed by atoms with Crippen molar-refractivity contribution in [1.82, 2.24) is 15.0 Å². The first-order valence-electron chi connectivity index (χ1n) is 8.85. The van der Waals surface area contributed by atoms with Gasteiger partial charge in [0.1, 0.15) is 5.82 Å². The lowest BCUT2D eigenvalue weighted by Gasteiger charge is -2.23. The molecule has 0 bridgehead atoms. The van der Waals surface area contributed by atoms with E-state index in [0.29, 0.717) is 17.7 Å². The fourth-order valence-electron chi connectivity index (χ4n) is 2.57. The quantitative estimate of drug-likeness (QED) is 0.721. The van der Waals surface area contributed by atoms with Crippen LogP contribution in [-0.4, -0.2) is 45.1 Å². The number of carboxylic acids is 1. The molecule has 27 heavy (non-hydrogen) atoms. The molecule has 0 aliphatic carbocycles. The number of hydrogen-bond donors (Lipinski definition) is 1. The summed E-state index contributed by atoms with van der Waals surface area (Å²) in [6.07, 6.45) is 0.278. The van der Waals surface area contributed by atoms with Gasteiger partial charge in [-0.25, -0.2) is 4.39 Å². The van der Waals surface area contributed by atoms with Crippen molar-refractivity contribution in [3.05, 3.63) is 35.5 Å². The normalized spacial score (nSPS) is 11.0. The van der Waals surface area contributed by atoms with Crippen LogP contribution in [0.4, 0.5) is 4.39 Å². The van der Waals surface area contributed by atoms with Gasteiger partial charge < -0.3 is 14.5 Å². The van der Waals surface area contributed by atoms with Crippen LogP contribution in [0.3, 0.4) is 0 Å². The van der Waals surface area contributed by atoms with Crippen LogP contribution in [0.2, 0.25) is 0 Å². The molecule has 0 fully saturated rings. The van der Waals surface area contributed by atoms with Gasteiger partial charge in [-0.15, -0.1) is 0 Å². The lowest BCUT2D eigenvalue weighted by molar-refractivity contribution is -0.138. The standard InChI is InChI=1S/C19H24FN3O4/c1-12(2)11-23(9-8-18(25)26)17(24)7-6-16-21-19(22-27-16)14-5-4-13(3)15(20)10-14/h4-5,10,12H,6-9,11H2,1-3H3,(H,25,26). The van der Waals surface area contributed by atoms with E-state index < -0.39 is 5.97 Å². The molecule has 0 radical (unpaired) electrons. The van der Waals surface area contributed by atoms with Crippen LogP contribution in [0.15, 0.2) is 22.7 Å². The molecule has 1 N–H and O–H groups in total. The van der Waals surface area contributed by atoms with E-state index in [4.69, 9.17) is 9.63 Å². The number of carboxylic acid groups (broad SMARTS) is 1. The molecular formula is C19H24FN3O4. The number of aliphatic carboxylic acids is 1. The largest absolute Gasteiger partial charge is 0.481 e. The minimum atomic E-state index is -0.941. The van der Waals surface area contributed by atoms with Crippen LogP contribution < -0.4 is 0 Å². The first-order chi connectivity index (χ1) is 12.8. The second-order valence-corrected chi connectivity index (χ2v) is 6.85. The lowest BCUT2D eigenvalue weighted by Crippen LogP contribution is -2.36. The van der Waals surface area contributed by atoms with Gasteiger partial charge in [-0.3, -0.25) is 9.59 Å². The minimum absolute atomic E-state index is 0.0951. The number of benzene rings is 1. The van der Waals surface area contributed by atoms with Crippen molar-refractivity contribution < 1.29 is 23.6 Å². The smallest absolute Gasteiger partial charge is 0.305 e. The highest BCUT2D eigenvalue weighted by molar-refractivity contribution is 5.77. The minimum Gasteiger partial charge on any atom is -0.481 e. The summed E-state index contributed by atoms with van der Waals surface area (Å²) in [6, 6.07) is 4.68. The molecule has 146 valence electrons. The highest BCUT2D eigenvalue weighted by Gasteiger charge is 2.18. The number of halogens is 1. The molecule has 0 saturated heterocycles. The molecule has 0 saturated carbocycles. The summed E-state index contributed by atoms with van der Waals surface area (Å²) in [7, 11) is 0. The number of carbonyl (C=O) groups excluding carboxylic acids is 1. The molecule has 0 unspecified atom stereocenters. The summed E-state index contributed by atoms with van der Waals surface area (Å²) in [4.78, 5) is 28.9. The fraction of sp³-hybridized carbons (Fsp3) is 0.474. The topological polar surface area (TPSA) is 96.5 Å². The monoisotopic (exact) mass is 377 g/mol. The Hall–Kier alpha value is -2.77. The molecule has 2 aromatic rings. The van der Waals surface area contributed by atoms with Crippen molar-refractivity contribution >= 4 is 11.9 Å². The molecule has 8 heteroatoms. The molecule has 0 aliphatic heterocycles. The molecule has 1 amide bonds. The zero-order chi connectivity index (χ0) is 20.0. The van der Waals surface area contributed by atoms with Gasteiger partial charge in [0, 0.05) is 31.5 Å². The van der Waals surface area contributed by atoms with Crippen molar-refractivity contribution in [3.8, 4) is 11.4 Å².